The Morgan fingerprint density at radius 1 is 1.33 bits per heavy atom. The van der Waals surface area contributed by atoms with Crippen LogP contribution in [-0.4, -0.2) is 24.0 Å². The number of benzene rings is 1. The first kappa shape index (κ1) is 17.7. The lowest BCUT2D eigenvalue weighted by Gasteiger charge is -2.17. The molecule has 0 saturated carbocycles. The summed E-state index contributed by atoms with van der Waals surface area (Å²) in [5.41, 5.74) is 0.855. The van der Waals surface area contributed by atoms with Gasteiger partial charge in [-0.3, -0.25) is 4.99 Å². The molecule has 1 aromatic heterocycles. The highest BCUT2D eigenvalue weighted by Crippen LogP contribution is 2.23. The molecule has 0 aliphatic carbocycles. The van der Waals surface area contributed by atoms with Crippen molar-refractivity contribution in [3.05, 3.63) is 54.0 Å². The zero-order valence-corrected chi connectivity index (χ0v) is 14.2. The number of hydrogen-bond donors (Lipinski definition) is 2. The molecule has 2 aromatic rings. The van der Waals surface area contributed by atoms with Gasteiger partial charge in [-0.15, -0.1) is 0 Å². The van der Waals surface area contributed by atoms with Crippen LogP contribution >= 0.6 is 0 Å². The Hall–Kier alpha value is -2.63. The summed E-state index contributed by atoms with van der Waals surface area (Å²) in [6, 6.07) is 10.1. The second-order valence-corrected chi connectivity index (χ2v) is 5.41. The predicted octanol–water partition coefficient (Wildman–Crippen LogP) is 3.48. The minimum absolute atomic E-state index is 0.327. The molecular weight excluding hydrogens is 307 g/mol. The van der Waals surface area contributed by atoms with Crippen LogP contribution in [0, 0.1) is 5.82 Å². The second-order valence-electron chi connectivity index (χ2n) is 5.41. The van der Waals surface area contributed by atoms with Gasteiger partial charge in [-0.2, -0.15) is 0 Å². The Morgan fingerprint density at radius 2 is 2.17 bits per heavy atom. The highest BCUT2D eigenvalue weighted by atomic mass is 19.1. The maximum Gasteiger partial charge on any atom is 0.224 e. The minimum atomic E-state index is -0.346. The molecule has 1 atom stereocenters. The fourth-order valence-electron chi connectivity index (χ4n) is 2.00. The van der Waals surface area contributed by atoms with Crippen molar-refractivity contribution in [2.75, 3.05) is 7.05 Å². The summed E-state index contributed by atoms with van der Waals surface area (Å²) in [7, 11) is 1.73. The number of nitrogens with zero attached hydrogens (tertiary/aromatic N) is 2. The number of nitrogens with one attached hydrogen (secondary N) is 2. The van der Waals surface area contributed by atoms with Gasteiger partial charge in [-0.05, 0) is 31.5 Å². The van der Waals surface area contributed by atoms with Crippen molar-refractivity contribution in [1.82, 2.24) is 15.6 Å². The van der Waals surface area contributed by atoms with E-state index in [2.05, 4.69) is 34.5 Å². The van der Waals surface area contributed by atoms with Crippen LogP contribution in [0.2, 0.25) is 0 Å². The van der Waals surface area contributed by atoms with E-state index in [1.165, 1.54) is 12.1 Å². The molecule has 1 aromatic carbocycles. The summed E-state index contributed by atoms with van der Waals surface area (Å²) < 4.78 is 19.0. The summed E-state index contributed by atoms with van der Waals surface area (Å²) in [4.78, 5) is 8.44. The normalized spacial score (nSPS) is 12.6. The lowest BCUT2D eigenvalue weighted by Crippen LogP contribution is -2.41. The van der Waals surface area contributed by atoms with Gasteiger partial charge in [0.25, 0.3) is 0 Å². The van der Waals surface area contributed by atoms with Crippen molar-refractivity contribution in [2.45, 2.75) is 32.9 Å². The van der Waals surface area contributed by atoms with E-state index in [0.29, 0.717) is 30.2 Å². The summed E-state index contributed by atoms with van der Waals surface area (Å²) >= 11 is 0. The molecule has 128 valence electrons. The summed E-state index contributed by atoms with van der Waals surface area (Å²) in [6.45, 7) is 4.70. The molecule has 1 heterocycles. The van der Waals surface area contributed by atoms with E-state index in [9.17, 15) is 4.39 Å². The van der Waals surface area contributed by atoms with Crippen LogP contribution in [0.15, 0.2) is 47.6 Å². The van der Waals surface area contributed by atoms with Crippen molar-refractivity contribution in [3.63, 3.8) is 0 Å². The lowest BCUT2D eigenvalue weighted by molar-refractivity contribution is 0.450. The molecule has 2 N–H and O–H groups in total. The van der Waals surface area contributed by atoms with Gasteiger partial charge in [-0.25, -0.2) is 9.37 Å². The highest BCUT2D eigenvalue weighted by Gasteiger charge is 2.09. The molecule has 0 saturated heterocycles. The largest absolute Gasteiger partial charge is 0.439 e. The molecule has 1 unspecified atom stereocenters. The first-order valence-electron chi connectivity index (χ1n) is 7.97. The average molecular weight is 330 g/mol. The van der Waals surface area contributed by atoms with Crippen LogP contribution in [0.3, 0.4) is 0 Å². The zero-order valence-electron chi connectivity index (χ0n) is 14.2. The molecule has 6 heteroatoms. The van der Waals surface area contributed by atoms with Gasteiger partial charge in [0.15, 0.2) is 5.96 Å². The second kappa shape index (κ2) is 8.86. The van der Waals surface area contributed by atoms with Crippen LogP contribution in [-0.2, 0) is 6.54 Å². The number of ether oxygens (including phenoxy) is 1. The fraction of sp³-hybridized carbons (Fsp3) is 0.333. The van der Waals surface area contributed by atoms with Crippen LogP contribution in [0.1, 0.15) is 25.8 Å². The van der Waals surface area contributed by atoms with E-state index in [0.717, 1.165) is 12.0 Å². The molecule has 0 spiro atoms. The van der Waals surface area contributed by atoms with Gasteiger partial charge < -0.3 is 15.4 Å². The Kier molecular flexibility index (Phi) is 6.54. The predicted molar refractivity (Wildman–Crippen MR) is 93.8 cm³/mol. The van der Waals surface area contributed by atoms with Crippen molar-refractivity contribution in [2.24, 2.45) is 4.99 Å². The van der Waals surface area contributed by atoms with Gasteiger partial charge in [-0.1, -0.05) is 19.1 Å². The fourth-order valence-corrected chi connectivity index (χ4v) is 2.00. The first-order valence-corrected chi connectivity index (χ1v) is 7.97. The van der Waals surface area contributed by atoms with E-state index in [1.807, 2.05) is 12.1 Å². The third-order valence-electron chi connectivity index (χ3n) is 3.53. The van der Waals surface area contributed by atoms with Crippen LogP contribution in [0.25, 0.3) is 0 Å². The number of rotatable bonds is 6. The standard InChI is InChI=1S/C18H23FN4O/c1-4-13(2)23-18(20-3)22-12-14-7-6-10-21-17(14)24-16-9-5-8-15(19)11-16/h5-11,13H,4,12H2,1-3H3,(H2,20,22,23). The minimum Gasteiger partial charge on any atom is -0.439 e. The van der Waals surface area contributed by atoms with E-state index in [1.54, 1.807) is 25.4 Å². The van der Waals surface area contributed by atoms with Crippen molar-refractivity contribution in [3.8, 4) is 11.6 Å². The third-order valence-corrected chi connectivity index (χ3v) is 3.53. The number of aliphatic imine (C=N–C) groups is 1. The van der Waals surface area contributed by atoms with E-state index in [4.69, 9.17) is 4.74 Å². The summed E-state index contributed by atoms with van der Waals surface area (Å²) in [5, 5.41) is 6.52. The van der Waals surface area contributed by atoms with E-state index >= 15 is 0 Å². The monoisotopic (exact) mass is 330 g/mol. The van der Waals surface area contributed by atoms with Crippen LogP contribution in [0.5, 0.6) is 11.6 Å². The van der Waals surface area contributed by atoms with Gasteiger partial charge in [0.1, 0.15) is 11.6 Å². The maximum atomic E-state index is 13.3. The van der Waals surface area contributed by atoms with Crippen molar-refractivity contribution >= 4 is 5.96 Å². The molecule has 5 nitrogen and oxygen atoms in total. The van der Waals surface area contributed by atoms with Crippen LogP contribution < -0.4 is 15.4 Å². The number of aromatic nitrogens is 1. The maximum absolute atomic E-state index is 13.3. The molecule has 24 heavy (non-hydrogen) atoms. The molecule has 0 aliphatic rings. The molecular formula is C18H23FN4O. The quantitative estimate of drug-likeness (QED) is 0.629. The number of pyridine rings is 1. The molecule has 0 aliphatic heterocycles. The zero-order chi connectivity index (χ0) is 17.4. The SMILES string of the molecule is CCC(C)NC(=NC)NCc1cccnc1Oc1cccc(F)c1. The number of hydrogen-bond acceptors (Lipinski definition) is 3. The Balaban J connectivity index is 2.06. The van der Waals surface area contributed by atoms with Gasteiger partial charge in [0, 0.05) is 37.5 Å². The van der Waals surface area contributed by atoms with Gasteiger partial charge >= 0.3 is 0 Å². The van der Waals surface area contributed by atoms with E-state index in [-0.39, 0.29) is 5.82 Å². The van der Waals surface area contributed by atoms with Crippen molar-refractivity contribution in [1.29, 1.82) is 0 Å². The van der Waals surface area contributed by atoms with E-state index < -0.39 is 0 Å². The number of halogens is 1. The molecule has 0 radical (unpaired) electrons. The third kappa shape index (κ3) is 5.22. The Bertz CT molecular complexity index is 690. The smallest absolute Gasteiger partial charge is 0.224 e. The van der Waals surface area contributed by atoms with Gasteiger partial charge in [0.2, 0.25) is 5.88 Å². The lowest BCUT2D eigenvalue weighted by atomic mass is 10.2. The van der Waals surface area contributed by atoms with Crippen LogP contribution in [0.4, 0.5) is 4.39 Å². The topological polar surface area (TPSA) is 58.5 Å². The molecule has 0 amide bonds. The Morgan fingerprint density at radius 3 is 2.88 bits per heavy atom. The number of guanidine groups is 1. The first-order chi connectivity index (χ1) is 11.6. The molecule has 0 fully saturated rings. The summed E-state index contributed by atoms with van der Waals surface area (Å²) in [5.74, 6) is 1.22. The molecule has 0 bridgehead atoms. The van der Waals surface area contributed by atoms with Crippen molar-refractivity contribution < 1.29 is 9.13 Å². The summed E-state index contributed by atoms with van der Waals surface area (Å²) in [6.07, 6.45) is 2.64. The molecule has 2 rings (SSSR count). The highest BCUT2D eigenvalue weighted by molar-refractivity contribution is 5.79. The van der Waals surface area contributed by atoms with Gasteiger partial charge in [0.05, 0.1) is 0 Å². The average Bonchev–Trinajstić information content (AvgIpc) is 2.59. The Labute approximate surface area is 142 Å².